The van der Waals surface area contributed by atoms with Crippen molar-refractivity contribution >= 4 is 11.2 Å². The summed E-state index contributed by atoms with van der Waals surface area (Å²) in [6, 6.07) is 3.18. The Morgan fingerprint density at radius 1 is 1.55 bits per heavy atom. The van der Waals surface area contributed by atoms with Crippen LogP contribution in [0.4, 0.5) is 13.2 Å². The fraction of sp³-hybridized carbons (Fsp3) is 0.200. The molecule has 0 aliphatic carbocycles. The van der Waals surface area contributed by atoms with Crippen molar-refractivity contribution in [1.29, 1.82) is 0 Å². The summed E-state index contributed by atoms with van der Waals surface area (Å²) in [5, 5.41) is -0.697. The van der Waals surface area contributed by atoms with Crippen LogP contribution >= 0.6 is 0 Å². The lowest BCUT2D eigenvalue weighted by Crippen LogP contribution is -2.22. The van der Waals surface area contributed by atoms with Gasteiger partial charge in [0.15, 0.2) is 0 Å². The van der Waals surface area contributed by atoms with E-state index in [-0.39, 0.29) is 0 Å². The lowest BCUT2D eigenvalue weighted by atomic mass is 10.7. The SMILES string of the molecule is [O-][S+](c1[c]cco1)C(F)(F)F. The number of furan rings is 1. The highest BCUT2D eigenvalue weighted by molar-refractivity contribution is 7.92. The average Bonchev–Trinajstić information content (AvgIpc) is 2.34. The predicted molar refractivity (Wildman–Crippen MR) is 30.0 cm³/mol. The Bertz CT molecular complexity index is 218. The zero-order valence-corrected chi connectivity index (χ0v) is 5.83. The van der Waals surface area contributed by atoms with E-state index in [9.17, 15) is 17.7 Å². The number of hydrogen-bond donors (Lipinski definition) is 0. The maximum atomic E-state index is 11.6. The van der Waals surface area contributed by atoms with Crippen molar-refractivity contribution in [3.8, 4) is 0 Å². The Morgan fingerprint density at radius 2 is 2.18 bits per heavy atom. The molecule has 2 nitrogen and oxygen atoms in total. The van der Waals surface area contributed by atoms with Crippen molar-refractivity contribution in [2.45, 2.75) is 10.6 Å². The number of rotatable bonds is 1. The van der Waals surface area contributed by atoms with Crippen LogP contribution in [0.25, 0.3) is 0 Å². The van der Waals surface area contributed by atoms with Gasteiger partial charge in [0.2, 0.25) is 0 Å². The summed E-state index contributed by atoms with van der Waals surface area (Å²) in [5.41, 5.74) is -4.77. The second-order valence-corrected chi connectivity index (χ2v) is 2.94. The third-order valence-electron chi connectivity index (χ3n) is 0.823. The third kappa shape index (κ3) is 1.90. The van der Waals surface area contributed by atoms with Crippen molar-refractivity contribution in [3.05, 3.63) is 18.4 Å². The van der Waals surface area contributed by atoms with Gasteiger partial charge in [0, 0.05) is 0 Å². The number of halogens is 3. The molecule has 61 valence electrons. The normalized spacial score (nSPS) is 14.9. The van der Waals surface area contributed by atoms with Gasteiger partial charge in [0.05, 0.1) is 12.3 Å². The molecule has 1 rings (SSSR count). The fourth-order valence-electron chi connectivity index (χ4n) is 0.434. The zero-order chi connectivity index (χ0) is 8.48. The Balaban J connectivity index is 2.78. The molecule has 0 fully saturated rings. The van der Waals surface area contributed by atoms with Gasteiger partial charge < -0.3 is 8.97 Å². The van der Waals surface area contributed by atoms with Gasteiger partial charge >= 0.3 is 10.6 Å². The molecule has 0 saturated carbocycles. The first-order chi connectivity index (χ1) is 5.02. The summed E-state index contributed by atoms with van der Waals surface area (Å²) in [5.74, 6) is 0. The van der Waals surface area contributed by atoms with E-state index in [1.165, 1.54) is 0 Å². The van der Waals surface area contributed by atoms with Gasteiger partial charge in [-0.25, -0.2) is 0 Å². The van der Waals surface area contributed by atoms with Crippen molar-refractivity contribution < 1.29 is 22.1 Å². The molecule has 0 aromatic carbocycles. The molecular weight excluding hydrogens is 181 g/mol. The Labute approximate surface area is 63.2 Å². The van der Waals surface area contributed by atoms with E-state index in [1.54, 1.807) is 0 Å². The molecule has 1 aromatic rings. The van der Waals surface area contributed by atoms with Crippen LogP contribution < -0.4 is 0 Å². The highest BCUT2D eigenvalue weighted by Crippen LogP contribution is 2.29. The fourth-order valence-corrected chi connectivity index (χ4v) is 0.962. The molecule has 1 unspecified atom stereocenters. The van der Waals surface area contributed by atoms with Gasteiger partial charge in [-0.15, -0.1) is 13.2 Å². The van der Waals surface area contributed by atoms with Crippen molar-refractivity contribution in [2.24, 2.45) is 0 Å². The minimum Gasteiger partial charge on any atom is -0.602 e. The maximum Gasteiger partial charge on any atom is 0.581 e. The Morgan fingerprint density at radius 3 is 2.55 bits per heavy atom. The molecule has 1 atom stereocenters. The van der Waals surface area contributed by atoms with E-state index in [4.69, 9.17) is 0 Å². The zero-order valence-electron chi connectivity index (χ0n) is 5.01. The van der Waals surface area contributed by atoms with Crippen LogP contribution in [0.1, 0.15) is 0 Å². The van der Waals surface area contributed by atoms with Gasteiger partial charge in [0.25, 0.3) is 0 Å². The molecule has 1 radical (unpaired) electrons. The largest absolute Gasteiger partial charge is 0.602 e. The molecule has 6 heteroatoms. The summed E-state index contributed by atoms with van der Waals surface area (Å²) >= 11 is -3.09. The van der Waals surface area contributed by atoms with Crippen molar-refractivity contribution in [1.82, 2.24) is 0 Å². The molecule has 0 N–H and O–H groups in total. The van der Waals surface area contributed by atoms with Crippen LogP contribution in [-0.4, -0.2) is 10.1 Å². The van der Waals surface area contributed by atoms with Gasteiger partial charge in [-0.3, -0.25) is 0 Å². The van der Waals surface area contributed by atoms with E-state index in [0.717, 1.165) is 12.3 Å². The van der Waals surface area contributed by atoms with Crippen LogP contribution in [0.2, 0.25) is 0 Å². The molecule has 0 bridgehead atoms. The first kappa shape index (κ1) is 8.48. The molecule has 1 heterocycles. The van der Waals surface area contributed by atoms with Gasteiger partial charge in [-0.1, -0.05) is 0 Å². The minimum atomic E-state index is -4.77. The first-order valence-electron chi connectivity index (χ1n) is 2.45. The van der Waals surface area contributed by atoms with Crippen LogP contribution in [0.3, 0.4) is 0 Å². The van der Waals surface area contributed by atoms with Gasteiger partial charge in [-0.2, -0.15) is 0 Å². The predicted octanol–water partition coefficient (Wildman–Crippen LogP) is 1.71. The Kier molecular flexibility index (Phi) is 2.15. The van der Waals surface area contributed by atoms with Crippen LogP contribution in [0.5, 0.6) is 0 Å². The molecule has 0 aliphatic rings. The highest BCUT2D eigenvalue weighted by Gasteiger charge is 2.48. The molecule has 11 heavy (non-hydrogen) atoms. The van der Waals surface area contributed by atoms with Gasteiger partial charge in [0.1, 0.15) is 11.2 Å². The van der Waals surface area contributed by atoms with E-state index in [2.05, 4.69) is 10.5 Å². The summed E-state index contributed by atoms with van der Waals surface area (Å²) in [6.45, 7) is 0. The van der Waals surface area contributed by atoms with E-state index in [1.807, 2.05) is 0 Å². The molecule has 0 saturated heterocycles. The van der Waals surface area contributed by atoms with Crippen molar-refractivity contribution in [3.63, 3.8) is 0 Å². The lowest BCUT2D eigenvalue weighted by Gasteiger charge is -2.07. The third-order valence-corrected chi connectivity index (χ3v) is 1.79. The Hall–Kier alpha value is -0.620. The van der Waals surface area contributed by atoms with Gasteiger partial charge in [-0.05, 0) is 6.07 Å². The van der Waals surface area contributed by atoms with Crippen LogP contribution in [0.15, 0.2) is 21.8 Å². The molecule has 0 aliphatic heterocycles. The van der Waals surface area contributed by atoms with Crippen molar-refractivity contribution in [2.75, 3.05) is 0 Å². The molecule has 0 spiro atoms. The smallest absolute Gasteiger partial charge is 0.581 e. The van der Waals surface area contributed by atoms with E-state index >= 15 is 0 Å². The monoisotopic (exact) mass is 183 g/mol. The highest BCUT2D eigenvalue weighted by atomic mass is 32.2. The topological polar surface area (TPSA) is 36.2 Å². The van der Waals surface area contributed by atoms with Crippen LogP contribution in [0, 0.1) is 6.07 Å². The minimum absolute atomic E-state index is 0.697. The summed E-state index contributed by atoms with van der Waals surface area (Å²) in [4.78, 5) is 0. The first-order valence-corrected chi connectivity index (χ1v) is 3.60. The number of alkyl halides is 3. The number of hydrogen-bond acceptors (Lipinski definition) is 2. The maximum absolute atomic E-state index is 11.6. The average molecular weight is 183 g/mol. The molecule has 1 aromatic heterocycles. The molecule has 0 amide bonds. The quantitative estimate of drug-likeness (QED) is 0.621. The van der Waals surface area contributed by atoms with Crippen LogP contribution in [-0.2, 0) is 11.2 Å². The summed E-state index contributed by atoms with van der Waals surface area (Å²) in [6.07, 6.45) is 0.985. The molecular formula is C5H2F3O2S. The second-order valence-electron chi connectivity index (χ2n) is 1.57. The summed E-state index contributed by atoms with van der Waals surface area (Å²) < 4.78 is 49.5. The second kappa shape index (κ2) is 2.78. The standard InChI is InChI=1S/C5H2F3O2S/c6-5(7,8)11(9)4-2-1-3-10-4/h1,3H. The van der Waals surface area contributed by atoms with E-state index in [0.29, 0.717) is 0 Å². The summed E-state index contributed by atoms with van der Waals surface area (Å²) in [7, 11) is 0. The van der Waals surface area contributed by atoms with E-state index < -0.39 is 21.8 Å². The lowest BCUT2D eigenvalue weighted by molar-refractivity contribution is -0.0446.